The van der Waals surface area contributed by atoms with Gasteiger partial charge in [0.15, 0.2) is 0 Å². The van der Waals surface area contributed by atoms with Gasteiger partial charge in [0, 0.05) is 0 Å². The summed E-state index contributed by atoms with van der Waals surface area (Å²) in [6.07, 6.45) is 0. The normalized spacial score (nSPS) is 11.7. The summed E-state index contributed by atoms with van der Waals surface area (Å²) in [4.78, 5) is 30.4. The zero-order valence-electron chi connectivity index (χ0n) is 6.05. The highest BCUT2D eigenvalue weighted by molar-refractivity contribution is 7.46. The summed E-state index contributed by atoms with van der Waals surface area (Å²) in [6, 6.07) is 0. The molecule has 7 heteroatoms. The minimum Gasteiger partial charge on any atom is -0.301 e. The Hall–Kier alpha value is -0.420. The van der Waals surface area contributed by atoms with Gasteiger partial charge in [0.1, 0.15) is 0 Å². The van der Waals surface area contributed by atoms with Crippen molar-refractivity contribution >= 4 is 13.8 Å². The third-order valence-electron chi connectivity index (χ3n) is 0.688. The van der Waals surface area contributed by atoms with E-state index in [1.54, 1.807) is 0 Å². The maximum atomic E-state index is 10.5. The Morgan fingerprint density at radius 2 is 1.91 bits per heavy atom. The standard InChI is InChI=1S/C4H9O6P/c1-3(2)4(5)9-10-11(6,7)8/h3H,1-2H3,(H2,6,7,8). The quantitative estimate of drug-likeness (QED) is 0.370. The molecule has 0 spiro atoms. The molecule has 0 bridgehead atoms. The Balaban J connectivity index is 3.73. The molecule has 0 saturated heterocycles. The second-order valence-corrected chi connectivity index (χ2v) is 3.25. The highest BCUT2D eigenvalue weighted by Gasteiger charge is 2.20. The van der Waals surface area contributed by atoms with Gasteiger partial charge >= 0.3 is 13.8 Å². The molecule has 0 fully saturated rings. The van der Waals surface area contributed by atoms with Gasteiger partial charge in [-0.1, -0.05) is 18.5 Å². The van der Waals surface area contributed by atoms with Gasteiger partial charge in [-0.15, -0.1) is 0 Å². The first-order valence-corrected chi connectivity index (χ1v) is 4.31. The van der Waals surface area contributed by atoms with Crippen molar-refractivity contribution in [3.63, 3.8) is 0 Å². The van der Waals surface area contributed by atoms with Crippen LogP contribution in [0, 0.1) is 5.92 Å². The molecule has 6 nitrogen and oxygen atoms in total. The SMILES string of the molecule is CC(C)C(=O)OOP(=O)(O)O. The molecule has 66 valence electrons. The van der Waals surface area contributed by atoms with Gasteiger partial charge in [-0.3, -0.25) is 4.89 Å². The van der Waals surface area contributed by atoms with Gasteiger partial charge in [-0.05, 0) is 0 Å². The topological polar surface area (TPSA) is 93.1 Å². The van der Waals surface area contributed by atoms with Crippen molar-refractivity contribution in [3.05, 3.63) is 0 Å². The van der Waals surface area contributed by atoms with Gasteiger partial charge in [0.25, 0.3) is 0 Å². The lowest BCUT2D eigenvalue weighted by Crippen LogP contribution is -2.10. The molecular weight excluding hydrogens is 175 g/mol. The number of rotatable bonds is 3. The van der Waals surface area contributed by atoms with Gasteiger partial charge in [0.05, 0.1) is 5.92 Å². The Labute approximate surface area is 63.3 Å². The van der Waals surface area contributed by atoms with E-state index in [-0.39, 0.29) is 0 Å². The maximum Gasteiger partial charge on any atom is 0.505 e. The van der Waals surface area contributed by atoms with Crippen molar-refractivity contribution in [2.75, 3.05) is 0 Å². The highest BCUT2D eigenvalue weighted by atomic mass is 31.2. The molecule has 0 aromatic rings. The Kier molecular flexibility index (Phi) is 3.68. The van der Waals surface area contributed by atoms with Crippen LogP contribution in [-0.2, 0) is 18.9 Å². The highest BCUT2D eigenvalue weighted by Crippen LogP contribution is 2.36. The molecule has 11 heavy (non-hydrogen) atoms. The van der Waals surface area contributed by atoms with E-state index >= 15 is 0 Å². The summed E-state index contributed by atoms with van der Waals surface area (Å²) in [5.74, 6) is -1.31. The van der Waals surface area contributed by atoms with Crippen LogP contribution in [-0.4, -0.2) is 15.8 Å². The number of carbonyl (C=O) groups is 1. The second-order valence-electron chi connectivity index (χ2n) is 2.12. The zero-order valence-corrected chi connectivity index (χ0v) is 6.95. The molecule has 0 aliphatic carbocycles. The van der Waals surface area contributed by atoms with Crippen LogP contribution >= 0.6 is 7.82 Å². The zero-order chi connectivity index (χ0) is 9.07. The smallest absolute Gasteiger partial charge is 0.301 e. The number of hydrogen-bond donors (Lipinski definition) is 2. The van der Waals surface area contributed by atoms with E-state index in [1.807, 2.05) is 0 Å². The fraction of sp³-hybridized carbons (Fsp3) is 0.750. The van der Waals surface area contributed by atoms with Crippen LogP contribution in [0.25, 0.3) is 0 Å². The molecule has 0 aromatic heterocycles. The molecule has 0 atom stereocenters. The lowest BCUT2D eigenvalue weighted by atomic mass is 10.2. The lowest BCUT2D eigenvalue weighted by Gasteiger charge is -2.04. The minimum absolute atomic E-state index is 0.485. The van der Waals surface area contributed by atoms with Crippen molar-refractivity contribution in [1.82, 2.24) is 0 Å². The van der Waals surface area contributed by atoms with Gasteiger partial charge in [0.2, 0.25) is 0 Å². The molecule has 0 aromatic carbocycles. The summed E-state index contributed by atoms with van der Waals surface area (Å²) in [6.45, 7) is 3.01. The number of hydrogen-bond acceptors (Lipinski definition) is 4. The molecule has 0 amide bonds. The monoisotopic (exact) mass is 184 g/mol. The summed E-state index contributed by atoms with van der Waals surface area (Å²) in [5.41, 5.74) is 0. The molecule has 0 aliphatic heterocycles. The molecule has 0 unspecified atom stereocenters. The van der Waals surface area contributed by atoms with Crippen molar-refractivity contribution < 1.29 is 28.7 Å². The summed E-state index contributed by atoms with van der Waals surface area (Å²) in [5, 5.41) is 0. The Morgan fingerprint density at radius 3 is 2.18 bits per heavy atom. The first-order chi connectivity index (χ1) is 4.83. The largest absolute Gasteiger partial charge is 0.505 e. The molecule has 0 heterocycles. The second kappa shape index (κ2) is 3.82. The van der Waals surface area contributed by atoms with E-state index in [0.29, 0.717) is 0 Å². The van der Waals surface area contributed by atoms with Crippen LogP contribution in [0.15, 0.2) is 0 Å². The van der Waals surface area contributed by atoms with Crippen molar-refractivity contribution in [2.45, 2.75) is 13.8 Å². The third-order valence-corrected chi connectivity index (χ3v) is 0.957. The predicted octanol–water partition coefficient (Wildman–Crippen LogP) is 0.210. The maximum absolute atomic E-state index is 10.5. The minimum atomic E-state index is -4.70. The first kappa shape index (κ1) is 10.6. The molecule has 0 saturated carbocycles. The molecule has 0 rings (SSSR count). The van der Waals surface area contributed by atoms with Gasteiger partial charge < -0.3 is 9.79 Å². The van der Waals surface area contributed by atoms with Gasteiger partial charge in [-0.25, -0.2) is 9.36 Å². The summed E-state index contributed by atoms with van der Waals surface area (Å²) < 4.78 is 13.4. The van der Waals surface area contributed by atoms with E-state index in [9.17, 15) is 9.36 Å². The van der Waals surface area contributed by atoms with Crippen molar-refractivity contribution in [2.24, 2.45) is 5.92 Å². The molecule has 0 aliphatic rings. The summed E-state index contributed by atoms with van der Waals surface area (Å²) >= 11 is 0. The first-order valence-electron chi connectivity index (χ1n) is 2.78. The number of phosphoric acid groups is 1. The third kappa shape index (κ3) is 6.00. The molecule has 0 radical (unpaired) electrons. The van der Waals surface area contributed by atoms with Crippen LogP contribution in [0.3, 0.4) is 0 Å². The van der Waals surface area contributed by atoms with Crippen molar-refractivity contribution in [3.8, 4) is 0 Å². The van der Waals surface area contributed by atoms with Crippen LogP contribution in [0.5, 0.6) is 0 Å². The Bertz CT molecular complexity index is 181. The summed E-state index contributed by atoms with van der Waals surface area (Å²) in [7, 11) is -4.70. The fourth-order valence-corrected chi connectivity index (χ4v) is 0.352. The van der Waals surface area contributed by atoms with Crippen LogP contribution < -0.4 is 0 Å². The molecule has 2 N–H and O–H groups in total. The fourth-order valence-electron chi connectivity index (χ4n) is 0.182. The number of carbonyl (C=O) groups excluding carboxylic acids is 1. The lowest BCUT2D eigenvalue weighted by molar-refractivity contribution is -0.226. The van der Waals surface area contributed by atoms with E-state index < -0.39 is 19.7 Å². The van der Waals surface area contributed by atoms with E-state index in [0.717, 1.165) is 0 Å². The van der Waals surface area contributed by atoms with Crippen LogP contribution in [0.2, 0.25) is 0 Å². The van der Waals surface area contributed by atoms with E-state index in [2.05, 4.69) is 9.56 Å². The van der Waals surface area contributed by atoms with E-state index in [1.165, 1.54) is 13.8 Å². The van der Waals surface area contributed by atoms with Crippen LogP contribution in [0.1, 0.15) is 13.8 Å². The average Bonchev–Trinajstić information content (AvgIpc) is 1.80. The van der Waals surface area contributed by atoms with E-state index in [4.69, 9.17) is 9.79 Å². The predicted molar refractivity (Wildman–Crippen MR) is 34.1 cm³/mol. The van der Waals surface area contributed by atoms with Crippen LogP contribution in [0.4, 0.5) is 0 Å². The Morgan fingerprint density at radius 1 is 1.45 bits per heavy atom. The van der Waals surface area contributed by atoms with Gasteiger partial charge in [-0.2, -0.15) is 0 Å². The average molecular weight is 184 g/mol. The molecular formula is C4H9O6P. The van der Waals surface area contributed by atoms with Crippen molar-refractivity contribution in [1.29, 1.82) is 0 Å².